The summed E-state index contributed by atoms with van der Waals surface area (Å²) in [6.07, 6.45) is -0.487. The summed E-state index contributed by atoms with van der Waals surface area (Å²) in [5.41, 5.74) is 5.05. The first-order valence-corrected chi connectivity index (χ1v) is 7.16. The standard InChI is InChI=1S/C14H12BrNO7/c15-8-2-7-6(1-13(19)23-11(7)4-10(8)17)5-22-12(18)3-9(16)14(20)21/h1-2,4,9,17H,3,5,16H2,(H,20,21). The molecular formula is C14H12BrNO7. The highest BCUT2D eigenvalue weighted by molar-refractivity contribution is 9.10. The second-order valence-corrected chi connectivity index (χ2v) is 5.55. The van der Waals surface area contributed by atoms with Gasteiger partial charge in [0.05, 0.1) is 10.9 Å². The number of fused-ring (bicyclic) bond motifs is 1. The van der Waals surface area contributed by atoms with Gasteiger partial charge in [0.1, 0.15) is 24.0 Å². The molecule has 0 spiro atoms. The molecule has 0 aliphatic carbocycles. The van der Waals surface area contributed by atoms with Crippen molar-refractivity contribution in [3.05, 3.63) is 38.7 Å². The minimum Gasteiger partial charge on any atom is -0.507 e. The molecule has 0 aliphatic heterocycles. The number of ether oxygens (including phenoxy) is 1. The van der Waals surface area contributed by atoms with E-state index in [9.17, 15) is 19.5 Å². The van der Waals surface area contributed by atoms with Crippen molar-refractivity contribution in [2.75, 3.05) is 0 Å². The maximum Gasteiger partial charge on any atom is 0.336 e. The molecule has 9 heteroatoms. The zero-order valence-corrected chi connectivity index (χ0v) is 13.2. The van der Waals surface area contributed by atoms with Crippen molar-refractivity contribution in [1.82, 2.24) is 0 Å². The maximum absolute atomic E-state index is 11.6. The molecule has 2 rings (SSSR count). The molecule has 23 heavy (non-hydrogen) atoms. The minimum atomic E-state index is -1.36. The second kappa shape index (κ2) is 6.80. The van der Waals surface area contributed by atoms with Crippen LogP contribution in [0.3, 0.4) is 0 Å². The van der Waals surface area contributed by atoms with Crippen LogP contribution in [0.15, 0.2) is 31.9 Å². The van der Waals surface area contributed by atoms with E-state index >= 15 is 0 Å². The van der Waals surface area contributed by atoms with E-state index in [-0.39, 0.29) is 17.9 Å². The Bertz CT molecular complexity index is 830. The lowest BCUT2D eigenvalue weighted by atomic mass is 10.1. The highest BCUT2D eigenvalue weighted by Gasteiger charge is 2.18. The van der Waals surface area contributed by atoms with Crippen molar-refractivity contribution in [3.63, 3.8) is 0 Å². The fraction of sp³-hybridized carbons (Fsp3) is 0.214. The Labute approximate surface area is 137 Å². The Hall–Kier alpha value is -2.39. The van der Waals surface area contributed by atoms with Gasteiger partial charge in [0, 0.05) is 23.1 Å². The molecule has 1 aromatic carbocycles. The molecule has 0 fully saturated rings. The van der Waals surface area contributed by atoms with Crippen molar-refractivity contribution in [2.24, 2.45) is 5.73 Å². The van der Waals surface area contributed by atoms with E-state index in [1.165, 1.54) is 12.1 Å². The van der Waals surface area contributed by atoms with Crippen LogP contribution in [0.2, 0.25) is 0 Å². The van der Waals surface area contributed by atoms with Crippen LogP contribution in [0.25, 0.3) is 11.0 Å². The van der Waals surface area contributed by atoms with Crippen LogP contribution in [-0.2, 0) is 20.9 Å². The summed E-state index contributed by atoms with van der Waals surface area (Å²) in [5.74, 6) is -2.23. The number of carboxylic acids is 1. The van der Waals surface area contributed by atoms with Gasteiger partial charge in [-0.25, -0.2) is 4.79 Å². The van der Waals surface area contributed by atoms with Crippen molar-refractivity contribution in [1.29, 1.82) is 0 Å². The van der Waals surface area contributed by atoms with Crippen LogP contribution in [0.1, 0.15) is 12.0 Å². The molecule has 1 unspecified atom stereocenters. The van der Waals surface area contributed by atoms with Crippen LogP contribution in [-0.4, -0.2) is 28.2 Å². The highest BCUT2D eigenvalue weighted by Crippen LogP contribution is 2.30. The number of carboxylic acid groups (broad SMARTS) is 1. The summed E-state index contributed by atoms with van der Waals surface area (Å²) >= 11 is 3.14. The van der Waals surface area contributed by atoms with Gasteiger partial charge in [-0.2, -0.15) is 0 Å². The molecule has 0 saturated heterocycles. The third kappa shape index (κ3) is 4.08. The summed E-state index contributed by atoms with van der Waals surface area (Å²) < 4.78 is 10.3. The fourth-order valence-electron chi connectivity index (χ4n) is 1.84. The lowest BCUT2D eigenvalue weighted by molar-refractivity contribution is -0.149. The van der Waals surface area contributed by atoms with Crippen LogP contribution in [0, 0.1) is 0 Å². The lowest BCUT2D eigenvalue weighted by Crippen LogP contribution is -2.33. The Kier molecular flexibility index (Phi) is 5.02. The van der Waals surface area contributed by atoms with Crippen LogP contribution in [0.5, 0.6) is 5.75 Å². The van der Waals surface area contributed by atoms with E-state index in [4.69, 9.17) is 20.0 Å². The summed E-state index contributed by atoms with van der Waals surface area (Å²) in [6, 6.07) is 2.56. The number of phenols is 1. The van der Waals surface area contributed by atoms with Gasteiger partial charge < -0.3 is 25.1 Å². The van der Waals surface area contributed by atoms with Crippen molar-refractivity contribution >= 4 is 38.8 Å². The Morgan fingerprint density at radius 1 is 1.35 bits per heavy atom. The number of hydrogen-bond donors (Lipinski definition) is 3. The van der Waals surface area contributed by atoms with Gasteiger partial charge in [-0.05, 0) is 22.0 Å². The lowest BCUT2D eigenvalue weighted by Gasteiger charge is -2.09. The van der Waals surface area contributed by atoms with Gasteiger partial charge in [-0.15, -0.1) is 0 Å². The predicted molar refractivity (Wildman–Crippen MR) is 81.9 cm³/mol. The predicted octanol–water partition coefficient (Wildman–Crippen LogP) is 1.11. The molecule has 1 atom stereocenters. The quantitative estimate of drug-likeness (QED) is 0.513. The molecule has 0 amide bonds. The van der Waals surface area contributed by atoms with Gasteiger partial charge in [0.15, 0.2) is 0 Å². The number of carbonyl (C=O) groups excluding carboxylic acids is 1. The fourth-order valence-corrected chi connectivity index (χ4v) is 2.18. The molecule has 2 aromatic rings. The average molecular weight is 386 g/mol. The summed E-state index contributed by atoms with van der Waals surface area (Å²) in [6.45, 7) is -0.259. The van der Waals surface area contributed by atoms with Crippen molar-refractivity contribution < 1.29 is 29.0 Å². The van der Waals surface area contributed by atoms with Gasteiger partial charge in [-0.3, -0.25) is 9.59 Å². The number of benzene rings is 1. The number of halogens is 1. The van der Waals surface area contributed by atoms with Crippen molar-refractivity contribution in [3.8, 4) is 5.75 Å². The molecule has 4 N–H and O–H groups in total. The van der Waals surface area contributed by atoms with E-state index in [0.29, 0.717) is 15.4 Å². The van der Waals surface area contributed by atoms with E-state index in [1.807, 2.05) is 0 Å². The Balaban J connectivity index is 2.23. The number of aliphatic carboxylic acids is 1. The molecule has 1 heterocycles. The molecule has 0 aliphatic rings. The maximum atomic E-state index is 11.6. The van der Waals surface area contributed by atoms with E-state index in [1.54, 1.807) is 0 Å². The number of carbonyl (C=O) groups is 2. The van der Waals surface area contributed by atoms with Crippen LogP contribution < -0.4 is 11.4 Å². The third-order valence-corrected chi connectivity index (χ3v) is 3.63. The number of aromatic hydroxyl groups is 1. The normalized spacial score (nSPS) is 12.1. The second-order valence-electron chi connectivity index (χ2n) is 4.70. The number of hydrogen-bond acceptors (Lipinski definition) is 7. The van der Waals surface area contributed by atoms with E-state index in [0.717, 1.165) is 6.07 Å². The minimum absolute atomic E-state index is 0.109. The number of phenolic OH excluding ortho intramolecular Hbond substituents is 1. The van der Waals surface area contributed by atoms with Crippen LogP contribution >= 0.6 is 15.9 Å². The molecule has 0 radical (unpaired) electrons. The monoisotopic (exact) mass is 385 g/mol. The van der Waals surface area contributed by atoms with E-state index < -0.39 is 30.0 Å². The first kappa shape index (κ1) is 17.0. The third-order valence-electron chi connectivity index (χ3n) is 2.99. The first-order chi connectivity index (χ1) is 10.8. The first-order valence-electron chi connectivity index (χ1n) is 6.37. The molecule has 1 aromatic heterocycles. The topological polar surface area (TPSA) is 140 Å². The summed E-state index contributed by atoms with van der Waals surface area (Å²) in [7, 11) is 0. The smallest absolute Gasteiger partial charge is 0.336 e. The molecule has 122 valence electrons. The largest absolute Gasteiger partial charge is 0.507 e. The molecule has 0 bridgehead atoms. The Morgan fingerprint density at radius 3 is 2.70 bits per heavy atom. The van der Waals surface area contributed by atoms with Gasteiger partial charge in [-0.1, -0.05) is 0 Å². The number of nitrogens with two attached hydrogens (primary N) is 1. The van der Waals surface area contributed by atoms with Crippen molar-refractivity contribution in [2.45, 2.75) is 19.1 Å². The zero-order chi connectivity index (χ0) is 17.1. The average Bonchev–Trinajstić information content (AvgIpc) is 2.46. The van der Waals surface area contributed by atoms with E-state index in [2.05, 4.69) is 15.9 Å². The molecule has 8 nitrogen and oxygen atoms in total. The SMILES string of the molecule is NC(CC(=O)OCc1cc(=O)oc2cc(O)c(Br)cc12)C(=O)O. The van der Waals surface area contributed by atoms with Crippen LogP contribution in [0.4, 0.5) is 0 Å². The van der Waals surface area contributed by atoms with Gasteiger partial charge in [0.25, 0.3) is 0 Å². The number of rotatable bonds is 5. The zero-order valence-electron chi connectivity index (χ0n) is 11.6. The van der Waals surface area contributed by atoms with Gasteiger partial charge in [0.2, 0.25) is 0 Å². The number of esters is 1. The summed E-state index contributed by atoms with van der Waals surface area (Å²) in [5, 5.41) is 18.7. The van der Waals surface area contributed by atoms with Gasteiger partial charge >= 0.3 is 17.6 Å². The molecular weight excluding hydrogens is 374 g/mol. The Morgan fingerprint density at radius 2 is 2.04 bits per heavy atom. The summed E-state index contributed by atoms with van der Waals surface area (Å²) in [4.78, 5) is 33.7. The molecule has 0 saturated carbocycles. The highest BCUT2D eigenvalue weighted by atomic mass is 79.9.